The van der Waals surface area contributed by atoms with Crippen LogP contribution in [0.1, 0.15) is 12.0 Å². The molecule has 2 rings (SSSR count). The fraction of sp³-hybridized carbons (Fsp3) is 0.533. The molecule has 0 unspecified atom stereocenters. The predicted molar refractivity (Wildman–Crippen MR) is 75.5 cm³/mol. The molecule has 1 amide bonds. The summed E-state index contributed by atoms with van der Waals surface area (Å²) in [6.07, 6.45) is -4.08. The number of rotatable bonds is 5. The Hall–Kier alpha value is -1.83. The summed E-state index contributed by atoms with van der Waals surface area (Å²) in [6, 6.07) is 3.81. The van der Waals surface area contributed by atoms with Crippen molar-refractivity contribution < 1.29 is 27.1 Å². The summed E-state index contributed by atoms with van der Waals surface area (Å²) in [5.74, 6) is -0.946. The summed E-state index contributed by atoms with van der Waals surface area (Å²) >= 11 is 0. The number of amides is 1. The van der Waals surface area contributed by atoms with Crippen molar-refractivity contribution in [1.29, 1.82) is 0 Å². The van der Waals surface area contributed by atoms with Gasteiger partial charge in [-0.05, 0) is 31.2 Å². The van der Waals surface area contributed by atoms with E-state index in [2.05, 4.69) is 0 Å². The highest BCUT2D eigenvalue weighted by Crippen LogP contribution is 2.24. The molecule has 1 aromatic carbocycles. The van der Waals surface area contributed by atoms with E-state index in [9.17, 15) is 22.4 Å². The molecule has 0 radical (unpaired) electrons. The number of nitrogens with zero attached hydrogens (tertiary/aromatic N) is 2. The van der Waals surface area contributed by atoms with Crippen LogP contribution in [0, 0.1) is 5.82 Å². The number of likely N-dealkylation sites (tertiary alicyclic amines) is 1. The Morgan fingerprint density at radius 2 is 2.09 bits per heavy atom. The van der Waals surface area contributed by atoms with Crippen molar-refractivity contribution in [2.24, 2.45) is 0 Å². The van der Waals surface area contributed by atoms with Crippen molar-refractivity contribution in [3.8, 4) is 5.75 Å². The van der Waals surface area contributed by atoms with Crippen molar-refractivity contribution in [1.82, 2.24) is 9.80 Å². The van der Waals surface area contributed by atoms with Crippen molar-refractivity contribution in [3.63, 3.8) is 0 Å². The molecule has 4 nitrogen and oxygen atoms in total. The van der Waals surface area contributed by atoms with Crippen molar-refractivity contribution >= 4 is 5.91 Å². The van der Waals surface area contributed by atoms with Gasteiger partial charge in [-0.15, -0.1) is 0 Å². The number of benzene rings is 1. The Kier molecular flexibility index (Phi) is 5.13. The van der Waals surface area contributed by atoms with E-state index < -0.39 is 30.5 Å². The summed E-state index contributed by atoms with van der Waals surface area (Å²) in [7, 11) is 3.00. The van der Waals surface area contributed by atoms with Gasteiger partial charge in [0.2, 0.25) is 5.91 Å². The van der Waals surface area contributed by atoms with E-state index in [4.69, 9.17) is 4.74 Å². The molecule has 23 heavy (non-hydrogen) atoms. The number of halogens is 4. The van der Waals surface area contributed by atoms with Gasteiger partial charge in [-0.2, -0.15) is 13.2 Å². The standard InChI is InChI=1S/C15H18F4N2O2/c1-20(8-10-3-4-13(23-2)11(16)7-10)12-5-6-21(14(12)22)9-15(17,18)19/h3-4,7,12H,5-6,8-9H2,1-2H3/t12-/m1/s1. The van der Waals surface area contributed by atoms with E-state index >= 15 is 0 Å². The molecule has 1 heterocycles. The van der Waals surface area contributed by atoms with E-state index in [1.54, 1.807) is 18.0 Å². The van der Waals surface area contributed by atoms with Gasteiger partial charge in [0.15, 0.2) is 11.6 Å². The van der Waals surface area contributed by atoms with Gasteiger partial charge < -0.3 is 9.64 Å². The van der Waals surface area contributed by atoms with Gasteiger partial charge in [0.05, 0.1) is 13.2 Å². The summed E-state index contributed by atoms with van der Waals surface area (Å²) in [4.78, 5) is 14.5. The Bertz CT molecular complexity index is 577. The Labute approximate surface area is 131 Å². The monoisotopic (exact) mass is 334 g/mol. The lowest BCUT2D eigenvalue weighted by molar-refractivity contribution is -0.159. The number of hydrogen-bond donors (Lipinski definition) is 0. The molecule has 1 aliphatic rings. The van der Waals surface area contributed by atoms with Crippen LogP contribution in [0.25, 0.3) is 0 Å². The van der Waals surface area contributed by atoms with Crippen LogP contribution in [-0.4, -0.2) is 55.2 Å². The van der Waals surface area contributed by atoms with Crippen LogP contribution in [0.5, 0.6) is 5.75 Å². The summed E-state index contributed by atoms with van der Waals surface area (Å²) in [6.45, 7) is -0.894. The van der Waals surface area contributed by atoms with Crippen LogP contribution in [-0.2, 0) is 11.3 Å². The van der Waals surface area contributed by atoms with Gasteiger partial charge in [-0.1, -0.05) is 6.07 Å². The van der Waals surface area contributed by atoms with Gasteiger partial charge in [0.25, 0.3) is 0 Å². The quantitative estimate of drug-likeness (QED) is 0.776. The highest BCUT2D eigenvalue weighted by atomic mass is 19.4. The summed E-state index contributed by atoms with van der Waals surface area (Å²) in [5, 5.41) is 0. The van der Waals surface area contributed by atoms with Crippen molar-refractivity contribution in [2.45, 2.75) is 25.2 Å². The normalized spacial score (nSPS) is 18.8. The second-order valence-corrected chi connectivity index (χ2v) is 5.56. The molecular weight excluding hydrogens is 316 g/mol. The van der Waals surface area contributed by atoms with E-state index in [-0.39, 0.29) is 18.8 Å². The number of hydrogen-bond acceptors (Lipinski definition) is 3. The lowest BCUT2D eigenvalue weighted by Gasteiger charge is -2.24. The Morgan fingerprint density at radius 3 is 2.65 bits per heavy atom. The second-order valence-electron chi connectivity index (χ2n) is 5.56. The number of carbonyl (C=O) groups is 1. The van der Waals surface area contributed by atoms with Gasteiger partial charge in [-0.25, -0.2) is 4.39 Å². The first kappa shape index (κ1) is 17.5. The SMILES string of the molecule is COc1ccc(CN(C)[C@@H]2CCN(CC(F)(F)F)C2=O)cc1F. The highest BCUT2D eigenvalue weighted by molar-refractivity contribution is 5.84. The molecule has 8 heteroatoms. The molecule has 1 aromatic rings. The fourth-order valence-corrected chi connectivity index (χ4v) is 2.71. The third-order valence-electron chi connectivity index (χ3n) is 3.82. The summed E-state index contributed by atoms with van der Waals surface area (Å²) in [5.41, 5.74) is 0.618. The van der Waals surface area contributed by atoms with Crippen molar-refractivity contribution in [3.05, 3.63) is 29.6 Å². The summed E-state index contributed by atoms with van der Waals surface area (Å²) < 4.78 is 55.7. The molecule has 128 valence electrons. The van der Waals surface area contributed by atoms with Crippen LogP contribution in [0.3, 0.4) is 0 Å². The molecule has 0 saturated carbocycles. The number of methoxy groups -OCH3 is 1. The third-order valence-corrected chi connectivity index (χ3v) is 3.82. The highest BCUT2D eigenvalue weighted by Gasteiger charge is 2.40. The van der Waals surface area contributed by atoms with Gasteiger partial charge in [0.1, 0.15) is 6.54 Å². The Balaban J connectivity index is 2.00. The number of carbonyl (C=O) groups excluding carboxylic acids is 1. The van der Waals surface area contributed by atoms with Gasteiger partial charge in [-0.3, -0.25) is 9.69 Å². The molecule has 1 atom stereocenters. The zero-order chi connectivity index (χ0) is 17.2. The van der Waals surface area contributed by atoms with Gasteiger partial charge in [0, 0.05) is 13.1 Å². The molecular formula is C15H18F4N2O2. The first-order chi connectivity index (χ1) is 10.7. The number of ether oxygens (including phenoxy) is 1. The predicted octanol–water partition coefficient (Wildman–Crippen LogP) is 2.43. The van der Waals surface area contributed by atoms with Crippen molar-refractivity contribution in [2.75, 3.05) is 27.2 Å². The molecule has 0 aliphatic carbocycles. The molecule has 1 saturated heterocycles. The minimum atomic E-state index is -4.40. The average molecular weight is 334 g/mol. The molecule has 0 aromatic heterocycles. The van der Waals surface area contributed by atoms with E-state index in [1.807, 2.05) is 0 Å². The maximum atomic E-state index is 13.7. The largest absolute Gasteiger partial charge is 0.494 e. The third kappa shape index (κ3) is 4.34. The number of likely N-dealkylation sites (N-methyl/N-ethyl adjacent to an activating group) is 1. The number of alkyl halides is 3. The molecule has 0 spiro atoms. The van der Waals surface area contributed by atoms with E-state index in [0.717, 1.165) is 4.90 Å². The van der Waals surface area contributed by atoms with E-state index in [0.29, 0.717) is 12.0 Å². The lowest BCUT2D eigenvalue weighted by atomic mass is 10.1. The minimum Gasteiger partial charge on any atom is -0.494 e. The molecule has 0 bridgehead atoms. The second kappa shape index (κ2) is 6.74. The molecule has 1 aliphatic heterocycles. The van der Waals surface area contributed by atoms with Gasteiger partial charge >= 0.3 is 6.18 Å². The van der Waals surface area contributed by atoms with Crippen LogP contribution < -0.4 is 4.74 Å². The average Bonchev–Trinajstić information content (AvgIpc) is 2.78. The topological polar surface area (TPSA) is 32.8 Å². The first-order valence-corrected chi connectivity index (χ1v) is 7.09. The Morgan fingerprint density at radius 1 is 1.39 bits per heavy atom. The first-order valence-electron chi connectivity index (χ1n) is 7.09. The zero-order valence-corrected chi connectivity index (χ0v) is 12.9. The molecule has 1 fully saturated rings. The van der Waals surface area contributed by atoms with E-state index in [1.165, 1.54) is 19.2 Å². The van der Waals surface area contributed by atoms with Crippen LogP contribution >= 0.6 is 0 Å². The minimum absolute atomic E-state index is 0.0737. The maximum absolute atomic E-state index is 13.7. The fourth-order valence-electron chi connectivity index (χ4n) is 2.71. The van der Waals surface area contributed by atoms with Crippen LogP contribution in [0.15, 0.2) is 18.2 Å². The lowest BCUT2D eigenvalue weighted by Crippen LogP contribution is -2.42. The maximum Gasteiger partial charge on any atom is 0.406 e. The molecule has 0 N–H and O–H groups in total. The van der Waals surface area contributed by atoms with Crippen LogP contribution in [0.4, 0.5) is 17.6 Å². The zero-order valence-electron chi connectivity index (χ0n) is 12.9. The smallest absolute Gasteiger partial charge is 0.406 e. The van der Waals surface area contributed by atoms with Crippen LogP contribution in [0.2, 0.25) is 0 Å².